The van der Waals surface area contributed by atoms with Crippen LogP contribution in [0.3, 0.4) is 0 Å². The van der Waals surface area contributed by atoms with Crippen molar-refractivity contribution >= 4 is 28.1 Å². The maximum atomic E-state index is 13.6. The number of hydrogen-bond acceptors (Lipinski definition) is 3. The number of halogens is 1. The number of pyridine rings is 1. The van der Waals surface area contributed by atoms with Gasteiger partial charge in [-0.05, 0) is 65.4 Å². The van der Waals surface area contributed by atoms with E-state index in [-0.39, 0.29) is 17.1 Å². The van der Waals surface area contributed by atoms with Gasteiger partial charge in [-0.15, -0.1) is 0 Å². The lowest BCUT2D eigenvalue weighted by molar-refractivity contribution is -0.117. The van der Waals surface area contributed by atoms with Crippen LogP contribution in [0.2, 0.25) is 0 Å². The summed E-state index contributed by atoms with van der Waals surface area (Å²) in [6.45, 7) is 12.0. The molecule has 0 radical (unpaired) electrons. The van der Waals surface area contributed by atoms with Crippen LogP contribution in [0.25, 0.3) is 39.0 Å². The third kappa shape index (κ3) is 5.78. The van der Waals surface area contributed by atoms with E-state index in [4.69, 9.17) is 0 Å². The summed E-state index contributed by atoms with van der Waals surface area (Å²) in [7, 11) is 0. The van der Waals surface area contributed by atoms with E-state index in [0.717, 1.165) is 55.8 Å². The van der Waals surface area contributed by atoms with Gasteiger partial charge in [0.05, 0.1) is 23.1 Å². The van der Waals surface area contributed by atoms with Gasteiger partial charge in [0.1, 0.15) is 11.5 Å². The van der Waals surface area contributed by atoms with E-state index in [1.807, 2.05) is 52.0 Å². The van der Waals surface area contributed by atoms with Gasteiger partial charge < -0.3 is 10.3 Å². The first-order chi connectivity index (χ1) is 19.1. The first kappa shape index (κ1) is 26.8. The fourth-order valence-corrected chi connectivity index (χ4v) is 4.81. The molecule has 0 bridgehead atoms. The number of nitrogens with zero attached hydrogens (tertiary/aromatic N) is 2. The van der Waals surface area contributed by atoms with Crippen LogP contribution in [0.5, 0.6) is 0 Å². The van der Waals surface area contributed by atoms with Crippen LogP contribution in [0, 0.1) is 18.2 Å². The second-order valence-electron chi connectivity index (χ2n) is 11.1. The van der Waals surface area contributed by atoms with Gasteiger partial charge in [-0.1, -0.05) is 57.7 Å². The van der Waals surface area contributed by atoms with Crippen molar-refractivity contribution in [3.63, 3.8) is 0 Å². The van der Waals surface area contributed by atoms with Gasteiger partial charge in [0.25, 0.3) is 0 Å². The number of H-pyrrole nitrogens is 2. The standard InChI is InChI=1S/C33H32FN5O/c1-6-7-26(21-8-11-24(34)12-9-21)27-16-30(36-20(27)2)32-28-15-22(10-13-29(28)38-39-32)23-14-25(19-35-18-23)37-31(40)17-33(3,4)5/h6-16,18-19,36H,1,17H2,2-5H3,(H,37,40)(H,38,39)/b26-7-. The highest BCUT2D eigenvalue weighted by molar-refractivity contribution is 5.97. The minimum absolute atomic E-state index is 0.0394. The summed E-state index contributed by atoms with van der Waals surface area (Å²) >= 11 is 0. The van der Waals surface area contributed by atoms with Gasteiger partial charge >= 0.3 is 0 Å². The number of aromatic nitrogens is 4. The summed E-state index contributed by atoms with van der Waals surface area (Å²) in [5.41, 5.74) is 8.71. The van der Waals surface area contributed by atoms with Crippen molar-refractivity contribution in [3.05, 3.63) is 108 Å². The highest BCUT2D eigenvalue weighted by Gasteiger charge is 2.18. The van der Waals surface area contributed by atoms with Crippen molar-refractivity contribution in [1.82, 2.24) is 20.2 Å². The van der Waals surface area contributed by atoms with E-state index in [1.54, 1.807) is 30.6 Å². The van der Waals surface area contributed by atoms with Crippen LogP contribution >= 0.6 is 0 Å². The first-order valence-corrected chi connectivity index (χ1v) is 13.1. The second-order valence-corrected chi connectivity index (χ2v) is 11.1. The predicted molar refractivity (Wildman–Crippen MR) is 160 cm³/mol. The molecule has 0 atom stereocenters. The van der Waals surface area contributed by atoms with Crippen molar-refractivity contribution in [2.75, 3.05) is 5.32 Å². The number of fused-ring (bicyclic) bond motifs is 1. The molecule has 6 nitrogen and oxygen atoms in total. The SMILES string of the molecule is C=C/C=C(/c1ccc(F)cc1)c1cc(-c2n[nH]c3ccc(-c4cncc(NC(=O)CC(C)(C)C)c4)cc23)[nH]c1C. The molecule has 3 N–H and O–H groups in total. The maximum Gasteiger partial charge on any atom is 0.224 e. The molecular weight excluding hydrogens is 501 g/mol. The Labute approximate surface area is 233 Å². The maximum absolute atomic E-state index is 13.6. The summed E-state index contributed by atoms with van der Waals surface area (Å²) in [5.74, 6) is -0.317. The second kappa shape index (κ2) is 10.8. The number of hydrogen-bond donors (Lipinski definition) is 3. The normalized spacial score (nSPS) is 12.1. The molecule has 3 heterocycles. The molecule has 0 fully saturated rings. The molecule has 202 valence electrons. The lowest BCUT2D eigenvalue weighted by atomic mass is 9.92. The van der Waals surface area contributed by atoms with Crippen LogP contribution in [0.15, 0.2) is 85.7 Å². The minimum Gasteiger partial charge on any atom is -0.357 e. The number of aryl methyl sites for hydroxylation is 1. The van der Waals surface area contributed by atoms with Crippen molar-refractivity contribution in [2.45, 2.75) is 34.1 Å². The van der Waals surface area contributed by atoms with Crippen LogP contribution in [-0.2, 0) is 4.79 Å². The number of allylic oxidation sites excluding steroid dienone is 2. The Bertz CT molecular complexity index is 1740. The zero-order valence-corrected chi connectivity index (χ0v) is 23.1. The molecule has 0 saturated carbocycles. The number of aromatic amines is 2. The Kier molecular flexibility index (Phi) is 7.22. The van der Waals surface area contributed by atoms with Crippen molar-refractivity contribution in [1.29, 1.82) is 0 Å². The molecule has 2 aromatic carbocycles. The fraction of sp³-hybridized carbons (Fsp3) is 0.182. The Morgan fingerprint density at radius 1 is 1.05 bits per heavy atom. The predicted octanol–water partition coefficient (Wildman–Crippen LogP) is 8.06. The molecular formula is C33H32FN5O. The zero-order valence-electron chi connectivity index (χ0n) is 23.1. The number of carbonyl (C=O) groups is 1. The third-order valence-electron chi connectivity index (χ3n) is 6.61. The van der Waals surface area contributed by atoms with E-state index in [0.29, 0.717) is 12.1 Å². The number of amides is 1. The summed E-state index contributed by atoms with van der Waals surface area (Å²) in [4.78, 5) is 20.3. The highest BCUT2D eigenvalue weighted by Crippen LogP contribution is 2.34. The zero-order chi connectivity index (χ0) is 28.4. The van der Waals surface area contributed by atoms with Crippen LogP contribution in [0.1, 0.15) is 44.0 Å². The topological polar surface area (TPSA) is 86.5 Å². The molecule has 0 aliphatic rings. The van der Waals surface area contributed by atoms with Crippen molar-refractivity contribution < 1.29 is 9.18 Å². The minimum atomic E-state index is -0.278. The van der Waals surface area contributed by atoms with E-state index >= 15 is 0 Å². The van der Waals surface area contributed by atoms with Crippen LogP contribution in [-0.4, -0.2) is 26.1 Å². The van der Waals surface area contributed by atoms with Crippen LogP contribution in [0.4, 0.5) is 10.1 Å². The molecule has 0 aliphatic heterocycles. The number of nitrogens with one attached hydrogen (secondary N) is 3. The Morgan fingerprint density at radius 3 is 2.55 bits per heavy atom. The van der Waals surface area contributed by atoms with Gasteiger partial charge in [0, 0.05) is 34.8 Å². The average Bonchev–Trinajstić information content (AvgIpc) is 3.49. The van der Waals surface area contributed by atoms with Crippen LogP contribution < -0.4 is 5.32 Å². The first-order valence-electron chi connectivity index (χ1n) is 13.1. The molecule has 7 heteroatoms. The lowest BCUT2D eigenvalue weighted by Gasteiger charge is -2.17. The fourth-order valence-electron chi connectivity index (χ4n) is 4.81. The molecule has 5 rings (SSSR count). The van der Waals surface area contributed by atoms with Gasteiger partial charge in [-0.25, -0.2) is 4.39 Å². The van der Waals surface area contributed by atoms with Gasteiger partial charge in [0.2, 0.25) is 5.91 Å². The third-order valence-corrected chi connectivity index (χ3v) is 6.61. The number of benzene rings is 2. The molecule has 0 unspecified atom stereocenters. The van der Waals surface area contributed by atoms with Gasteiger partial charge in [-0.3, -0.25) is 14.9 Å². The number of anilines is 1. The van der Waals surface area contributed by atoms with Gasteiger partial charge in [0.15, 0.2) is 0 Å². The van der Waals surface area contributed by atoms with E-state index < -0.39 is 0 Å². The summed E-state index contributed by atoms with van der Waals surface area (Å²) in [5, 5.41) is 11.7. The Morgan fingerprint density at radius 2 is 1.82 bits per heavy atom. The monoisotopic (exact) mass is 533 g/mol. The quantitative estimate of drug-likeness (QED) is 0.185. The largest absolute Gasteiger partial charge is 0.357 e. The molecule has 40 heavy (non-hydrogen) atoms. The molecule has 3 aromatic heterocycles. The Balaban J connectivity index is 1.49. The number of rotatable bonds is 7. The Hall–Kier alpha value is -4.78. The molecule has 1 amide bonds. The smallest absolute Gasteiger partial charge is 0.224 e. The molecule has 5 aromatic rings. The van der Waals surface area contributed by atoms with Crippen molar-refractivity contribution in [3.8, 4) is 22.5 Å². The summed E-state index contributed by atoms with van der Waals surface area (Å²) in [6.07, 6.45) is 7.52. The summed E-state index contributed by atoms with van der Waals surface area (Å²) in [6, 6.07) is 16.5. The summed E-state index contributed by atoms with van der Waals surface area (Å²) < 4.78 is 13.6. The van der Waals surface area contributed by atoms with Crippen molar-refractivity contribution in [2.24, 2.45) is 5.41 Å². The molecule has 0 spiro atoms. The average molecular weight is 534 g/mol. The van der Waals surface area contributed by atoms with E-state index in [9.17, 15) is 9.18 Å². The molecule has 0 saturated heterocycles. The van der Waals surface area contributed by atoms with Gasteiger partial charge in [-0.2, -0.15) is 5.10 Å². The van der Waals surface area contributed by atoms with E-state index in [1.165, 1.54) is 12.1 Å². The van der Waals surface area contributed by atoms with E-state index in [2.05, 4.69) is 44.2 Å². The molecule has 0 aliphatic carbocycles. The number of carbonyl (C=O) groups excluding carboxylic acids is 1. The highest BCUT2D eigenvalue weighted by atomic mass is 19.1. The lowest BCUT2D eigenvalue weighted by Crippen LogP contribution is -2.19.